The molecule has 2 heteroatoms. The maximum Gasteiger partial charge on any atom is 0.0587 e. The maximum atomic E-state index is 5.15. The van der Waals surface area contributed by atoms with E-state index in [9.17, 15) is 0 Å². The van der Waals surface area contributed by atoms with Gasteiger partial charge in [-0.2, -0.15) is 0 Å². The number of ether oxygens (including phenoxy) is 1. The number of rotatable bonds is 6. The minimum atomic E-state index is 0.336. The van der Waals surface area contributed by atoms with E-state index in [4.69, 9.17) is 4.74 Å². The molecule has 20 heavy (non-hydrogen) atoms. The van der Waals surface area contributed by atoms with E-state index in [1.165, 1.54) is 43.2 Å². The first-order valence-electron chi connectivity index (χ1n) is 7.95. The molecule has 0 bridgehead atoms. The fourth-order valence-electron chi connectivity index (χ4n) is 3.58. The molecule has 0 unspecified atom stereocenters. The highest BCUT2D eigenvalue weighted by atomic mass is 16.5. The van der Waals surface area contributed by atoms with E-state index in [1.54, 1.807) is 12.7 Å². The van der Waals surface area contributed by atoms with E-state index in [0.29, 0.717) is 5.41 Å². The van der Waals surface area contributed by atoms with Gasteiger partial charge in [0, 0.05) is 25.6 Å². The van der Waals surface area contributed by atoms with Crippen LogP contribution in [-0.2, 0) is 10.2 Å². The first-order valence-corrected chi connectivity index (χ1v) is 7.95. The van der Waals surface area contributed by atoms with Crippen molar-refractivity contribution in [3.8, 4) is 0 Å². The van der Waals surface area contributed by atoms with Crippen molar-refractivity contribution in [2.24, 2.45) is 0 Å². The largest absolute Gasteiger partial charge is 0.383 e. The summed E-state index contributed by atoms with van der Waals surface area (Å²) in [6.45, 7) is 7.25. The second kappa shape index (κ2) is 7.24. The minimum absolute atomic E-state index is 0.336. The van der Waals surface area contributed by atoms with E-state index < -0.39 is 0 Å². The third kappa shape index (κ3) is 3.83. The van der Waals surface area contributed by atoms with Gasteiger partial charge in [-0.3, -0.25) is 0 Å². The highest BCUT2D eigenvalue weighted by Crippen LogP contribution is 2.39. The van der Waals surface area contributed by atoms with E-state index in [1.807, 2.05) is 0 Å². The van der Waals surface area contributed by atoms with Crippen LogP contribution in [0.5, 0.6) is 0 Å². The second-order valence-electron chi connectivity index (χ2n) is 6.39. The van der Waals surface area contributed by atoms with Crippen LogP contribution in [0.15, 0.2) is 18.2 Å². The molecule has 2 rings (SSSR count). The van der Waals surface area contributed by atoms with Crippen molar-refractivity contribution in [3.63, 3.8) is 0 Å². The van der Waals surface area contributed by atoms with Crippen LogP contribution in [0.1, 0.15) is 48.8 Å². The summed E-state index contributed by atoms with van der Waals surface area (Å²) in [7, 11) is 1.77. The van der Waals surface area contributed by atoms with Crippen LogP contribution < -0.4 is 5.32 Å². The standard InChI is InChI=1S/C18H29NO/c1-15-11-16(2)13-17(12-15)18(7-5-4-6-8-18)14-19-9-10-20-3/h11-13,19H,4-10,14H2,1-3H3. The van der Waals surface area contributed by atoms with E-state index in [0.717, 1.165) is 19.7 Å². The zero-order chi connectivity index (χ0) is 14.4. The molecule has 0 saturated heterocycles. The molecule has 2 nitrogen and oxygen atoms in total. The number of hydrogen-bond donors (Lipinski definition) is 1. The predicted octanol–water partition coefficient (Wildman–Crippen LogP) is 3.74. The van der Waals surface area contributed by atoms with Crippen molar-refractivity contribution in [2.75, 3.05) is 26.8 Å². The Labute approximate surface area is 123 Å². The Balaban J connectivity index is 2.16. The van der Waals surface area contributed by atoms with Crippen molar-refractivity contribution in [3.05, 3.63) is 34.9 Å². The Morgan fingerprint density at radius 2 is 1.70 bits per heavy atom. The van der Waals surface area contributed by atoms with Crippen LogP contribution in [0.2, 0.25) is 0 Å². The van der Waals surface area contributed by atoms with Gasteiger partial charge in [0.2, 0.25) is 0 Å². The highest BCUT2D eigenvalue weighted by molar-refractivity contribution is 5.35. The molecule has 0 heterocycles. The van der Waals surface area contributed by atoms with Gasteiger partial charge in [0.15, 0.2) is 0 Å². The molecular weight excluding hydrogens is 246 g/mol. The van der Waals surface area contributed by atoms with Gasteiger partial charge in [0.1, 0.15) is 0 Å². The second-order valence-corrected chi connectivity index (χ2v) is 6.39. The van der Waals surface area contributed by atoms with Gasteiger partial charge in [0.25, 0.3) is 0 Å². The fraction of sp³-hybridized carbons (Fsp3) is 0.667. The van der Waals surface area contributed by atoms with Crippen LogP contribution in [-0.4, -0.2) is 26.8 Å². The van der Waals surface area contributed by atoms with Crippen LogP contribution in [0.25, 0.3) is 0 Å². The smallest absolute Gasteiger partial charge is 0.0587 e. The Morgan fingerprint density at radius 1 is 1.05 bits per heavy atom. The Kier molecular flexibility index (Phi) is 5.62. The lowest BCUT2D eigenvalue weighted by atomic mass is 9.69. The van der Waals surface area contributed by atoms with Gasteiger partial charge in [-0.15, -0.1) is 0 Å². The first kappa shape index (κ1) is 15.5. The van der Waals surface area contributed by atoms with Crippen molar-refractivity contribution in [2.45, 2.75) is 51.4 Å². The van der Waals surface area contributed by atoms with Crippen LogP contribution in [0.4, 0.5) is 0 Å². The Hall–Kier alpha value is -0.860. The number of nitrogens with one attached hydrogen (secondary N) is 1. The average molecular weight is 275 g/mol. The molecule has 1 aromatic rings. The molecule has 1 aromatic carbocycles. The summed E-state index contributed by atoms with van der Waals surface area (Å²) in [5.41, 5.74) is 4.66. The molecule has 1 aliphatic rings. The van der Waals surface area contributed by atoms with Gasteiger partial charge in [0.05, 0.1) is 6.61 Å². The number of benzene rings is 1. The molecule has 0 atom stereocenters. The summed E-state index contributed by atoms with van der Waals surface area (Å²) in [6, 6.07) is 7.07. The SMILES string of the molecule is COCCNCC1(c2cc(C)cc(C)c2)CCCCC1. The molecule has 0 amide bonds. The zero-order valence-corrected chi connectivity index (χ0v) is 13.3. The van der Waals surface area contributed by atoms with Crippen molar-refractivity contribution in [1.82, 2.24) is 5.32 Å². The third-order valence-corrected chi connectivity index (χ3v) is 4.59. The molecule has 1 saturated carbocycles. The number of aryl methyl sites for hydroxylation is 2. The quantitative estimate of drug-likeness (QED) is 0.799. The van der Waals surface area contributed by atoms with Crippen LogP contribution in [0.3, 0.4) is 0 Å². The fourth-order valence-corrected chi connectivity index (χ4v) is 3.58. The molecule has 1 aliphatic carbocycles. The molecule has 1 N–H and O–H groups in total. The summed E-state index contributed by atoms with van der Waals surface area (Å²) in [5, 5.41) is 3.61. The zero-order valence-electron chi connectivity index (χ0n) is 13.3. The molecule has 0 aromatic heterocycles. The lowest BCUT2D eigenvalue weighted by Gasteiger charge is -2.38. The van der Waals surface area contributed by atoms with Crippen LogP contribution in [0, 0.1) is 13.8 Å². The predicted molar refractivity (Wildman–Crippen MR) is 85.4 cm³/mol. The van der Waals surface area contributed by atoms with E-state index in [-0.39, 0.29) is 0 Å². The van der Waals surface area contributed by atoms with Gasteiger partial charge >= 0.3 is 0 Å². The summed E-state index contributed by atoms with van der Waals surface area (Å²) in [6.07, 6.45) is 6.74. The van der Waals surface area contributed by atoms with Gasteiger partial charge in [-0.1, -0.05) is 48.6 Å². The van der Waals surface area contributed by atoms with E-state index >= 15 is 0 Å². The van der Waals surface area contributed by atoms with Gasteiger partial charge in [-0.25, -0.2) is 0 Å². The molecule has 0 spiro atoms. The molecule has 0 aliphatic heterocycles. The Morgan fingerprint density at radius 3 is 2.30 bits per heavy atom. The van der Waals surface area contributed by atoms with Gasteiger partial charge < -0.3 is 10.1 Å². The molecule has 1 fully saturated rings. The highest BCUT2D eigenvalue weighted by Gasteiger charge is 2.33. The van der Waals surface area contributed by atoms with Crippen LogP contribution >= 0.6 is 0 Å². The number of hydrogen-bond acceptors (Lipinski definition) is 2. The molecule has 112 valence electrons. The lowest BCUT2D eigenvalue weighted by molar-refractivity contribution is 0.192. The summed E-state index contributed by atoms with van der Waals surface area (Å²) in [4.78, 5) is 0. The molecule has 0 radical (unpaired) electrons. The van der Waals surface area contributed by atoms with Crippen molar-refractivity contribution in [1.29, 1.82) is 0 Å². The Bertz CT molecular complexity index is 401. The average Bonchev–Trinajstić information content (AvgIpc) is 2.44. The van der Waals surface area contributed by atoms with Crippen molar-refractivity contribution >= 4 is 0 Å². The monoisotopic (exact) mass is 275 g/mol. The van der Waals surface area contributed by atoms with Crippen molar-refractivity contribution < 1.29 is 4.74 Å². The minimum Gasteiger partial charge on any atom is -0.383 e. The van der Waals surface area contributed by atoms with Gasteiger partial charge in [-0.05, 0) is 32.3 Å². The topological polar surface area (TPSA) is 21.3 Å². The van der Waals surface area contributed by atoms with E-state index in [2.05, 4.69) is 37.4 Å². The third-order valence-electron chi connectivity index (χ3n) is 4.59. The molecular formula is C18H29NO. The lowest BCUT2D eigenvalue weighted by Crippen LogP contribution is -2.41. The first-order chi connectivity index (χ1) is 9.66. The maximum absolute atomic E-state index is 5.15. The normalized spacial score (nSPS) is 18.1. The summed E-state index contributed by atoms with van der Waals surface area (Å²) in [5.74, 6) is 0. The summed E-state index contributed by atoms with van der Waals surface area (Å²) >= 11 is 0. The number of methoxy groups -OCH3 is 1. The summed E-state index contributed by atoms with van der Waals surface area (Å²) < 4.78 is 5.15.